The fourth-order valence-electron chi connectivity index (χ4n) is 3.46. The Bertz CT molecular complexity index is 421. The van der Waals surface area contributed by atoms with E-state index in [-0.39, 0.29) is 0 Å². The molecule has 1 aromatic heterocycles. The van der Waals surface area contributed by atoms with E-state index in [9.17, 15) is 0 Å². The average molecular weight is 265 g/mol. The van der Waals surface area contributed by atoms with Gasteiger partial charge < -0.3 is 14.0 Å². The zero-order valence-corrected chi connectivity index (χ0v) is 11.8. The van der Waals surface area contributed by atoms with Gasteiger partial charge >= 0.3 is 0 Å². The molecule has 3 atom stereocenters. The predicted molar refractivity (Wildman–Crippen MR) is 71.7 cm³/mol. The molecule has 1 saturated carbocycles. The summed E-state index contributed by atoms with van der Waals surface area (Å²) in [6.07, 6.45) is 6.64. The van der Waals surface area contributed by atoms with Crippen molar-refractivity contribution in [3.63, 3.8) is 0 Å². The van der Waals surface area contributed by atoms with Crippen molar-refractivity contribution in [2.24, 2.45) is 13.0 Å². The molecule has 2 fully saturated rings. The summed E-state index contributed by atoms with van der Waals surface area (Å²) in [6.45, 7) is 3.57. The Kier molecular flexibility index (Phi) is 3.86. The molecule has 0 unspecified atom stereocenters. The van der Waals surface area contributed by atoms with Gasteiger partial charge in [0.05, 0.1) is 25.9 Å². The Balaban J connectivity index is 1.68. The summed E-state index contributed by atoms with van der Waals surface area (Å²) in [6, 6.07) is 0.533. The van der Waals surface area contributed by atoms with Gasteiger partial charge in [-0.05, 0) is 12.8 Å². The van der Waals surface area contributed by atoms with Crippen molar-refractivity contribution in [2.75, 3.05) is 26.9 Å². The van der Waals surface area contributed by atoms with Gasteiger partial charge in [0.15, 0.2) is 0 Å². The Morgan fingerprint density at radius 1 is 1.47 bits per heavy atom. The normalized spacial score (nSPS) is 31.6. The van der Waals surface area contributed by atoms with Crippen molar-refractivity contribution < 1.29 is 9.47 Å². The SMILES string of the molecule is COC[C@@H]1CC[C@H]2[C@H]1OCCN2Cc1nccn1C. The van der Waals surface area contributed by atoms with Crippen LogP contribution in [0, 0.1) is 5.92 Å². The number of hydrogen-bond acceptors (Lipinski definition) is 4. The van der Waals surface area contributed by atoms with Gasteiger partial charge in [-0.1, -0.05) is 0 Å². The second-order valence-corrected chi connectivity index (χ2v) is 5.62. The van der Waals surface area contributed by atoms with E-state index in [0.29, 0.717) is 18.1 Å². The van der Waals surface area contributed by atoms with E-state index in [2.05, 4.69) is 21.5 Å². The highest BCUT2D eigenvalue weighted by Gasteiger charge is 2.42. The zero-order valence-electron chi connectivity index (χ0n) is 11.8. The molecule has 1 saturated heterocycles. The maximum absolute atomic E-state index is 6.00. The highest BCUT2D eigenvalue weighted by atomic mass is 16.5. The van der Waals surface area contributed by atoms with Gasteiger partial charge in [-0.2, -0.15) is 0 Å². The molecular formula is C14H23N3O2. The van der Waals surface area contributed by atoms with Crippen molar-refractivity contribution >= 4 is 0 Å². The first-order valence-corrected chi connectivity index (χ1v) is 7.10. The Morgan fingerprint density at radius 3 is 3.11 bits per heavy atom. The maximum atomic E-state index is 6.00. The van der Waals surface area contributed by atoms with Crippen molar-refractivity contribution in [3.8, 4) is 0 Å². The number of imidazole rings is 1. The molecule has 106 valence electrons. The maximum Gasteiger partial charge on any atom is 0.122 e. The van der Waals surface area contributed by atoms with Crippen molar-refractivity contribution in [2.45, 2.75) is 31.5 Å². The lowest BCUT2D eigenvalue weighted by Crippen LogP contribution is -2.50. The van der Waals surface area contributed by atoms with Crippen LogP contribution >= 0.6 is 0 Å². The quantitative estimate of drug-likeness (QED) is 0.815. The first-order valence-electron chi connectivity index (χ1n) is 7.10. The van der Waals surface area contributed by atoms with E-state index in [1.54, 1.807) is 7.11 Å². The summed E-state index contributed by atoms with van der Waals surface area (Å²) < 4.78 is 13.4. The lowest BCUT2D eigenvalue weighted by Gasteiger charge is -2.39. The second-order valence-electron chi connectivity index (χ2n) is 5.62. The van der Waals surface area contributed by atoms with Crippen LogP contribution in [-0.4, -0.2) is 53.5 Å². The Hall–Kier alpha value is -0.910. The van der Waals surface area contributed by atoms with Crippen molar-refractivity contribution in [1.82, 2.24) is 14.5 Å². The smallest absolute Gasteiger partial charge is 0.122 e. The summed E-state index contributed by atoms with van der Waals surface area (Å²) in [5, 5.41) is 0. The van der Waals surface area contributed by atoms with Crippen LogP contribution in [0.15, 0.2) is 12.4 Å². The molecule has 0 aromatic carbocycles. The Morgan fingerprint density at radius 2 is 2.37 bits per heavy atom. The molecule has 19 heavy (non-hydrogen) atoms. The predicted octanol–water partition coefficient (Wildman–Crippen LogP) is 1.05. The number of hydrogen-bond donors (Lipinski definition) is 0. The molecule has 1 aromatic rings. The minimum absolute atomic E-state index is 0.342. The lowest BCUT2D eigenvalue weighted by molar-refractivity contribution is -0.0862. The van der Waals surface area contributed by atoms with Gasteiger partial charge in [-0.25, -0.2) is 4.98 Å². The fourth-order valence-corrected chi connectivity index (χ4v) is 3.46. The lowest BCUT2D eigenvalue weighted by atomic mass is 10.0. The third kappa shape index (κ3) is 2.55. The number of morpholine rings is 1. The van der Waals surface area contributed by atoms with Crippen LogP contribution in [0.5, 0.6) is 0 Å². The van der Waals surface area contributed by atoms with Gasteiger partial charge in [0.1, 0.15) is 5.82 Å². The second kappa shape index (κ2) is 5.61. The summed E-state index contributed by atoms with van der Waals surface area (Å²) >= 11 is 0. The van der Waals surface area contributed by atoms with E-state index < -0.39 is 0 Å². The third-order valence-electron chi connectivity index (χ3n) is 4.48. The number of nitrogens with zero attached hydrogens (tertiary/aromatic N) is 3. The summed E-state index contributed by atoms with van der Waals surface area (Å²) in [4.78, 5) is 6.97. The molecule has 0 amide bonds. The van der Waals surface area contributed by atoms with E-state index in [1.807, 2.05) is 12.4 Å². The summed E-state index contributed by atoms with van der Waals surface area (Å²) in [7, 11) is 3.84. The van der Waals surface area contributed by atoms with Gasteiger partial charge in [-0.15, -0.1) is 0 Å². The van der Waals surface area contributed by atoms with Crippen LogP contribution in [0.1, 0.15) is 18.7 Å². The molecule has 5 nitrogen and oxygen atoms in total. The first kappa shape index (κ1) is 13.1. The molecule has 0 bridgehead atoms. The van der Waals surface area contributed by atoms with Crippen LogP contribution in [0.3, 0.4) is 0 Å². The van der Waals surface area contributed by atoms with Crippen LogP contribution in [0.25, 0.3) is 0 Å². The summed E-state index contributed by atoms with van der Waals surface area (Å²) in [5.74, 6) is 1.69. The topological polar surface area (TPSA) is 39.5 Å². The molecule has 2 heterocycles. The van der Waals surface area contributed by atoms with Gasteiger partial charge in [0, 0.05) is 45.1 Å². The standard InChI is InChI=1S/C14H23N3O2/c1-16-6-5-15-13(16)9-17-7-8-19-14-11(10-18-2)3-4-12(14)17/h5-6,11-12,14H,3-4,7-10H2,1-2H3/t11-,12-,14-/m0/s1. The molecule has 1 aliphatic heterocycles. The van der Waals surface area contributed by atoms with Crippen LogP contribution < -0.4 is 0 Å². The van der Waals surface area contributed by atoms with Gasteiger partial charge in [-0.3, -0.25) is 4.90 Å². The number of rotatable bonds is 4. The van der Waals surface area contributed by atoms with E-state index >= 15 is 0 Å². The average Bonchev–Trinajstić information content (AvgIpc) is 2.99. The van der Waals surface area contributed by atoms with Crippen molar-refractivity contribution in [1.29, 1.82) is 0 Å². The van der Waals surface area contributed by atoms with Gasteiger partial charge in [0.2, 0.25) is 0 Å². The van der Waals surface area contributed by atoms with Crippen LogP contribution in [0.2, 0.25) is 0 Å². The number of aryl methyl sites for hydroxylation is 1. The van der Waals surface area contributed by atoms with E-state index in [0.717, 1.165) is 32.1 Å². The highest BCUT2D eigenvalue weighted by molar-refractivity contribution is 4.98. The largest absolute Gasteiger partial charge is 0.384 e. The van der Waals surface area contributed by atoms with Crippen LogP contribution in [0.4, 0.5) is 0 Å². The highest BCUT2D eigenvalue weighted by Crippen LogP contribution is 2.35. The van der Waals surface area contributed by atoms with Crippen LogP contribution in [-0.2, 0) is 23.1 Å². The van der Waals surface area contributed by atoms with E-state index in [4.69, 9.17) is 9.47 Å². The molecule has 0 spiro atoms. The van der Waals surface area contributed by atoms with Gasteiger partial charge in [0.25, 0.3) is 0 Å². The van der Waals surface area contributed by atoms with E-state index in [1.165, 1.54) is 12.8 Å². The zero-order chi connectivity index (χ0) is 13.2. The third-order valence-corrected chi connectivity index (χ3v) is 4.48. The molecule has 1 aliphatic carbocycles. The molecule has 0 N–H and O–H groups in total. The molecule has 0 radical (unpaired) electrons. The number of fused-ring (bicyclic) bond motifs is 1. The number of methoxy groups -OCH3 is 1. The minimum Gasteiger partial charge on any atom is -0.384 e. The number of aromatic nitrogens is 2. The number of ether oxygens (including phenoxy) is 2. The molecule has 5 heteroatoms. The minimum atomic E-state index is 0.342. The summed E-state index contributed by atoms with van der Waals surface area (Å²) in [5.41, 5.74) is 0. The first-order chi connectivity index (χ1) is 9.29. The molecular weight excluding hydrogens is 242 g/mol. The Labute approximate surface area is 114 Å². The molecule has 3 rings (SSSR count). The molecule has 2 aliphatic rings. The van der Waals surface area contributed by atoms with Crippen molar-refractivity contribution in [3.05, 3.63) is 18.2 Å². The fraction of sp³-hybridized carbons (Fsp3) is 0.786. The monoisotopic (exact) mass is 265 g/mol.